The van der Waals surface area contributed by atoms with E-state index >= 15 is 0 Å². The highest BCUT2D eigenvalue weighted by Gasteiger charge is 2.25. The molecule has 8 nitrogen and oxygen atoms in total. The molecule has 1 aromatic carbocycles. The Morgan fingerprint density at radius 2 is 1.89 bits per heavy atom. The largest absolute Gasteiger partial charge is 0.444 e. The number of hydrogen-bond donors (Lipinski definition) is 2. The number of nitrogens with zero attached hydrogens (tertiary/aromatic N) is 1. The number of ether oxygens (including phenoxy) is 2. The fourth-order valence-corrected chi connectivity index (χ4v) is 2.71. The average molecular weight is 391 g/mol. The molecule has 0 aliphatic carbocycles. The van der Waals surface area contributed by atoms with Crippen LogP contribution in [0.3, 0.4) is 0 Å². The first kappa shape index (κ1) is 21.7. The summed E-state index contributed by atoms with van der Waals surface area (Å²) in [6, 6.07) is 3.44. The van der Waals surface area contributed by atoms with Gasteiger partial charge in [-0.15, -0.1) is 0 Å². The lowest BCUT2D eigenvalue weighted by Gasteiger charge is -2.30. The lowest BCUT2D eigenvalue weighted by Crippen LogP contribution is -2.42. The van der Waals surface area contributed by atoms with Crippen molar-refractivity contribution in [3.05, 3.63) is 17.7 Å². The zero-order valence-electron chi connectivity index (χ0n) is 17.3. The Bertz CT molecular complexity index is 768. The standard InChI is InChI=1S/C20H29N3O5/c1-12(2)18(25)21-14-7-8-15(23-9-10-27-11-16(23)24)13(3)17(14)22-19(26)28-20(4,5)6/h7-8,12H,9-11H2,1-6H3,(H,21,25)(H,22,26). The Kier molecular flexibility index (Phi) is 6.66. The van der Waals surface area contributed by atoms with Gasteiger partial charge in [-0.3, -0.25) is 14.9 Å². The lowest BCUT2D eigenvalue weighted by atomic mass is 10.1. The first-order valence-corrected chi connectivity index (χ1v) is 9.32. The third-order valence-corrected chi connectivity index (χ3v) is 4.12. The molecule has 1 fully saturated rings. The van der Waals surface area contributed by atoms with Crippen LogP contribution in [0.2, 0.25) is 0 Å². The first-order chi connectivity index (χ1) is 13.0. The van der Waals surface area contributed by atoms with Crippen LogP contribution < -0.4 is 15.5 Å². The summed E-state index contributed by atoms with van der Waals surface area (Å²) in [5, 5.41) is 5.55. The van der Waals surface area contributed by atoms with E-state index < -0.39 is 11.7 Å². The van der Waals surface area contributed by atoms with E-state index in [0.29, 0.717) is 35.8 Å². The quantitative estimate of drug-likeness (QED) is 0.821. The number of hydrogen-bond acceptors (Lipinski definition) is 5. The fraction of sp³-hybridized carbons (Fsp3) is 0.550. The number of nitrogens with one attached hydrogen (secondary N) is 2. The maximum Gasteiger partial charge on any atom is 0.412 e. The second-order valence-corrected chi connectivity index (χ2v) is 8.00. The third kappa shape index (κ3) is 5.45. The average Bonchev–Trinajstić information content (AvgIpc) is 2.57. The molecule has 1 aliphatic rings. The van der Waals surface area contributed by atoms with Crippen LogP contribution in [0.1, 0.15) is 40.2 Å². The van der Waals surface area contributed by atoms with Crippen LogP contribution in [-0.4, -0.2) is 43.3 Å². The van der Waals surface area contributed by atoms with Gasteiger partial charge in [-0.25, -0.2) is 4.79 Å². The minimum Gasteiger partial charge on any atom is -0.444 e. The van der Waals surface area contributed by atoms with Gasteiger partial charge < -0.3 is 19.7 Å². The van der Waals surface area contributed by atoms with E-state index in [2.05, 4.69) is 10.6 Å². The highest BCUT2D eigenvalue weighted by molar-refractivity contribution is 6.03. The molecule has 0 spiro atoms. The van der Waals surface area contributed by atoms with E-state index in [1.54, 1.807) is 58.6 Å². The maximum atomic E-state index is 12.4. The molecular weight excluding hydrogens is 362 g/mol. The second-order valence-electron chi connectivity index (χ2n) is 8.00. The van der Waals surface area contributed by atoms with E-state index in [1.165, 1.54) is 0 Å². The summed E-state index contributed by atoms with van der Waals surface area (Å²) >= 11 is 0. The predicted molar refractivity (Wildman–Crippen MR) is 108 cm³/mol. The number of rotatable bonds is 4. The number of anilines is 3. The smallest absolute Gasteiger partial charge is 0.412 e. The normalized spacial score (nSPS) is 14.8. The number of carbonyl (C=O) groups excluding carboxylic acids is 3. The van der Waals surface area contributed by atoms with Crippen LogP contribution in [-0.2, 0) is 19.1 Å². The monoisotopic (exact) mass is 391 g/mol. The van der Waals surface area contributed by atoms with Gasteiger partial charge in [-0.1, -0.05) is 13.8 Å². The molecule has 3 amide bonds. The van der Waals surface area contributed by atoms with Gasteiger partial charge in [-0.2, -0.15) is 0 Å². The van der Waals surface area contributed by atoms with Crippen LogP contribution >= 0.6 is 0 Å². The van der Waals surface area contributed by atoms with Gasteiger partial charge in [-0.05, 0) is 45.4 Å². The van der Waals surface area contributed by atoms with E-state index in [0.717, 1.165) is 0 Å². The molecule has 0 bridgehead atoms. The van der Waals surface area contributed by atoms with Gasteiger partial charge in [0.15, 0.2) is 0 Å². The van der Waals surface area contributed by atoms with Crippen LogP contribution in [0.5, 0.6) is 0 Å². The van der Waals surface area contributed by atoms with Crippen molar-refractivity contribution in [1.82, 2.24) is 0 Å². The van der Waals surface area contributed by atoms with Gasteiger partial charge in [0.05, 0.1) is 18.0 Å². The molecule has 0 unspecified atom stereocenters. The number of amides is 3. The summed E-state index contributed by atoms with van der Waals surface area (Å²) in [4.78, 5) is 38.4. The Labute approximate surface area is 165 Å². The minimum absolute atomic E-state index is 0.0140. The zero-order valence-corrected chi connectivity index (χ0v) is 17.3. The van der Waals surface area contributed by atoms with Crippen LogP contribution in [0, 0.1) is 12.8 Å². The van der Waals surface area contributed by atoms with Crippen molar-refractivity contribution >= 4 is 35.0 Å². The van der Waals surface area contributed by atoms with Crippen molar-refractivity contribution < 1.29 is 23.9 Å². The molecule has 2 N–H and O–H groups in total. The molecule has 154 valence electrons. The van der Waals surface area contributed by atoms with Crippen molar-refractivity contribution in [3.8, 4) is 0 Å². The summed E-state index contributed by atoms with van der Waals surface area (Å²) in [6.45, 7) is 11.5. The molecule has 0 radical (unpaired) electrons. The molecule has 0 aromatic heterocycles. The Morgan fingerprint density at radius 1 is 1.21 bits per heavy atom. The summed E-state index contributed by atoms with van der Waals surface area (Å²) in [5.74, 6) is -0.562. The Hall–Kier alpha value is -2.61. The topological polar surface area (TPSA) is 97.0 Å². The molecule has 1 aliphatic heterocycles. The SMILES string of the molecule is Cc1c(N2CCOCC2=O)ccc(NC(=O)C(C)C)c1NC(=O)OC(C)(C)C. The van der Waals surface area contributed by atoms with E-state index in [9.17, 15) is 14.4 Å². The maximum absolute atomic E-state index is 12.4. The molecule has 8 heteroatoms. The van der Waals surface area contributed by atoms with Gasteiger partial charge in [0.25, 0.3) is 5.91 Å². The minimum atomic E-state index is -0.670. The van der Waals surface area contributed by atoms with Gasteiger partial charge in [0.1, 0.15) is 12.2 Å². The van der Waals surface area contributed by atoms with Crippen molar-refractivity contribution in [2.45, 2.75) is 47.1 Å². The third-order valence-electron chi connectivity index (χ3n) is 4.12. The van der Waals surface area contributed by atoms with Crippen molar-refractivity contribution in [1.29, 1.82) is 0 Å². The van der Waals surface area contributed by atoms with Crippen molar-refractivity contribution in [2.24, 2.45) is 5.92 Å². The second kappa shape index (κ2) is 8.60. The fourth-order valence-electron chi connectivity index (χ4n) is 2.71. The summed E-state index contributed by atoms with van der Waals surface area (Å²) in [6.07, 6.45) is -0.638. The Balaban J connectivity index is 2.42. The molecule has 28 heavy (non-hydrogen) atoms. The van der Waals surface area contributed by atoms with Crippen LogP contribution in [0.4, 0.5) is 21.9 Å². The number of carbonyl (C=O) groups is 3. The van der Waals surface area contributed by atoms with Crippen LogP contribution in [0.15, 0.2) is 12.1 Å². The van der Waals surface area contributed by atoms with Gasteiger partial charge in [0, 0.05) is 18.2 Å². The molecule has 2 rings (SSSR count). The van der Waals surface area contributed by atoms with Crippen molar-refractivity contribution in [2.75, 3.05) is 35.3 Å². The highest BCUT2D eigenvalue weighted by atomic mass is 16.6. The van der Waals surface area contributed by atoms with Gasteiger partial charge >= 0.3 is 6.09 Å². The first-order valence-electron chi connectivity index (χ1n) is 9.32. The molecule has 0 atom stereocenters. The van der Waals surface area contributed by atoms with E-state index in [4.69, 9.17) is 9.47 Å². The number of morpholine rings is 1. The molecule has 1 heterocycles. The van der Waals surface area contributed by atoms with Crippen molar-refractivity contribution in [3.63, 3.8) is 0 Å². The molecule has 0 saturated carbocycles. The molecule has 1 aromatic rings. The lowest BCUT2D eigenvalue weighted by molar-refractivity contribution is -0.125. The van der Waals surface area contributed by atoms with E-state index in [-0.39, 0.29) is 24.3 Å². The Morgan fingerprint density at radius 3 is 2.46 bits per heavy atom. The predicted octanol–water partition coefficient (Wildman–Crippen LogP) is 3.30. The zero-order chi connectivity index (χ0) is 21.1. The summed E-state index contributed by atoms with van der Waals surface area (Å²) in [5.41, 5.74) is 1.49. The van der Waals surface area contributed by atoms with Crippen LogP contribution in [0.25, 0.3) is 0 Å². The summed E-state index contributed by atoms with van der Waals surface area (Å²) < 4.78 is 10.5. The molecule has 1 saturated heterocycles. The number of benzene rings is 1. The van der Waals surface area contributed by atoms with E-state index in [1.807, 2.05) is 0 Å². The van der Waals surface area contributed by atoms with Gasteiger partial charge in [0.2, 0.25) is 5.91 Å². The summed E-state index contributed by atoms with van der Waals surface area (Å²) in [7, 11) is 0. The highest BCUT2D eigenvalue weighted by Crippen LogP contribution is 2.35. The molecular formula is C20H29N3O5.